The van der Waals surface area contributed by atoms with E-state index < -0.39 is 23.6 Å². The summed E-state index contributed by atoms with van der Waals surface area (Å²) >= 11 is 1.65. The Kier molecular flexibility index (Phi) is 4.39. The zero-order valence-electron chi connectivity index (χ0n) is 8.84. The third-order valence-electron chi connectivity index (χ3n) is 1.82. The number of rotatable bonds is 2. The van der Waals surface area contributed by atoms with Crippen LogP contribution in [-0.4, -0.2) is 19.4 Å². The van der Waals surface area contributed by atoms with Gasteiger partial charge in [0.1, 0.15) is 11.8 Å². The van der Waals surface area contributed by atoms with E-state index in [1.165, 1.54) is 6.07 Å². The number of ether oxygens (including phenoxy) is 2. The number of carbonyl (C=O) groups is 1. The van der Waals surface area contributed by atoms with Crippen LogP contribution < -0.4 is 4.74 Å². The van der Waals surface area contributed by atoms with Gasteiger partial charge < -0.3 is 9.47 Å². The van der Waals surface area contributed by atoms with Crippen molar-refractivity contribution in [3.8, 4) is 11.8 Å². The highest BCUT2D eigenvalue weighted by Crippen LogP contribution is 2.30. The molecule has 18 heavy (non-hydrogen) atoms. The van der Waals surface area contributed by atoms with Crippen LogP contribution in [0, 0.1) is 14.9 Å². The van der Waals surface area contributed by atoms with E-state index in [9.17, 15) is 18.0 Å². The Labute approximate surface area is 113 Å². The number of esters is 1. The predicted molar refractivity (Wildman–Crippen MR) is 61.9 cm³/mol. The van der Waals surface area contributed by atoms with Gasteiger partial charge >= 0.3 is 12.3 Å². The van der Waals surface area contributed by atoms with Crippen LogP contribution in [0.1, 0.15) is 15.9 Å². The predicted octanol–water partition coefficient (Wildman–Crippen LogP) is 2.85. The third kappa shape index (κ3) is 3.49. The molecular weight excluding hydrogens is 366 g/mol. The van der Waals surface area contributed by atoms with Crippen LogP contribution in [0.5, 0.6) is 5.75 Å². The molecule has 0 aromatic heterocycles. The lowest BCUT2D eigenvalue weighted by atomic mass is 10.1. The average Bonchev–Trinajstić information content (AvgIpc) is 2.26. The van der Waals surface area contributed by atoms with E-state index in [0.29, 0.717) is 0 Å². The molecule has 0 N–H and O–H groups in total. The van der Waals surface area contributed by atoms with Crippen molar-refractivity contribution in [1.29, 1.82) is 5.26 Å². The number of nitriles is 1. The second-order valence-corrected chi connectivity index (χ2v) is 4.14. The molecule has 1 aromatic carbocycles. The summed E-state index contributed by atoms with van der Waals surface area (Å²) in [7, 11) is 1.13. The molecule has 0 heterocycles. The maximum atomic E-state index is 12.1. The maximum absolute atomic E-state index is 12.1. The first kappa shape index (κ1) is 14.6. The smallest absolute Gasteiger partial charge is 0.465 e. The first-order chi connectivity index (χ1) is 8.28. The molecule has 0 saturated heterocycles. The van der Waals surface area contributed by atoms with Crippen LogP contribution in [0.15, 0.2) is 12.1 Å². The van der Waals surface area contributed by atoms with Crippen LogP contribution >= 0.6 is 22.6 Å². The third-order valence-corrected chi connectivity index (χ3v) is 2.71. The van der Waals surface area contributed by atoms with Crippen molar-refractivity contribution >= 4 is 28.6 Å². The van der Waals surface area contributed by atoms with Gasteiger partial charge in [0.15, 0.2) is 0 Å². The highest BCUT2D eigenvalue weighted by molar-refractivity contribution is 14.1. The van der Waals surface area contributed by atoms with Gasteiger partial charge in [-0.1, -0.05) is 0 Å². The summed E-state index contributed by atoms with van der Waals surface area (Å²) in [6.07, 6.45) is -4.90. The molecule has 0 fully saturated rings. The van der Waals surface area contributed by atoms with Gasteiger partial charge in [0.05, 0.1) is 18.2 Å². The van der Waals surface area contributed by atoms with Gasteiger partial charge in [0.25, 0.3) is 0 Å². The Hall–Kier alpha value is -1.50. The van der Waals surface area contributed by atoms with Gasteiger partial charge in [-0.05, 0) is 34.7 Å². The quantitative estimate of drug-likeness (QED) is 0.593. The first-order valence-electron chi connectivity index (χ1n) is 4.36. The number of methoxy groups -OCH3 is 1. The van der Waals surface area contributed by atoms with E-state index in [0.717, 1.165) is 19.2 Å². The number of hydrogen-bond acceptors (Lipinski definition) is 4. The van der Waals surface area contributed by atoms with Crippen LogP contribution in [0.4, 0.5) is 13.2 Å². The van der Waals surface area contributed by atoms with Crippen LogP contribution in [0.3, 0.4) is 0 Å². The van der Waals surface area contributed by atoms with Crippen molar-refractivity contribution in [3.05, 3.63) is 26.8 Å². The van der Waals surface area contributed by atoms with Crippen molar-refractivity contribution in [1.82, 2.24) is 0 Å². The normalized spacial score (nSPS) is 10.7. The van der Waals surface area contributed by atoms with Crippen LogP contribution in [0.25, 0.3) is 0 Å². The fourth-order valence-electron chi connectivity index (χ4n) is 1.12. The van der Waals surface area contributed by atoms with Crippen LogP contribution in [-0.2, 0) is 4.74 Å². The molecule has 4 nitrogen and oxygen atoms in total. The fourth-order valence-corrected chi connectivity index (χ4v) is 1.78. The molecule has 96 valence electrons. The molecule has 1 aromatic rings. The Balaban J connectivity index is 3.28. The summed E-state index contributed by atoms with van der Waals surface area (Å²) in [6, 6.07) is 3.48. The molecule has 1 rings (SSSR count). The highest BCUT2D eigenvalue weighted by atomic mass is 127. The summed E-state index contributed by atoms with van der Waals surface area (Å²) in [5.41, 5.74) is -0.391. The van der Waals surface area contributed by atoms with Gasteiger partial charge in [-0.2, -0.15) is 5.26 Å². The largest absolute Gasteiger partial charge is 0.573 e. The molecule has 8 heteroatoms. The molecular formula is C10H5F3INO3. The monoisotopic (exact) mass is 371 g/mol. The van der Waals surface area contributed by atoms with Crippen molar-refractivity contribution in [2.75, 3.05) is 7.11 Å². The topological polar surface area (TPSA) is 59.3 Å². The SMILES string of the molecule is COC(=O)c1cc(C#N)c(OC(F)(F)F)cc1I. The minimum Gasteiger partial charge on any atom is -0.465 e. The number of hydrogen-bond donors (Lipinski definition) is 0. The molecule has 0 bridgehead atoms. The van der Waals surface area contributed by atoms with Gasteiger partial charge in [0.2, 0.25) is 0 Å². The number of carbonyl (C=O) groups excluding carboxylic acids is 1. The van der Waals surface area contributed by atoms with Gasteiger partial charge in [0, 0.05) is 3.57 Å². The molecule has 0 aliphatic carbocycles. The molecule has 0 amide bonds. The lowest BCUT2D eigenvalue weighted by Crippen LogP contribution is -2.18. The molecule has 0 spiro atoms. The Morgan fingerprint density at radius 1 is 1.44 bits per heavy atom. The van der Waals surface area contributed by atoms with Crippen molar-refractivity contribution < 1.29 is 27.4 Å². The van der Waals surface area contributed by atoms with E-state index in [1.54, 1.807) is 22.6 Å². The minimum atomic E-state index is -4.90. The van der Waals surface area contributed by atoms with Crippen molar-refractivity contribution in [3.63, 3.8) is 0 Å². The van der Waals surface area contributed by atoms with Crippen LogP contribution in [0.2, 0.25) is 0 Å². The first-order valence-corrected chi connectivity index (χ1v) is 5.44. The second kappa shape index (κ2) is 5.43. The Morgan fingerprint density at radius 2 is 2.06 bits per heavy atom. The highest BCUT2D eigenvalue weighted by Gasteiger charge is 2.32. The molecule has 0 radical (unpaired) electrons. The Bertz CT molecular complexity index is 522. The van der Waals surface area contributed by atoms with E-state index >= 15 is 0 Å². The van der Waals surface area contributed by atoms with E-state index in [2.05, 4.69) is 9.47 Å². The summed E-state index contributed by atoms with van der Waals surface area (Å²) in [5, 5.41) is 8.73. The van der Waals surface area contributed by atoms with E-state index in [-0.39, 0.29) is 9.13 Å². The molecule has 0 unspecified atom stereocenters. The van der Waals surface area contributed by atoms with Crippen molar-refractivity contribution in [2.45, 2.75) is 6.36 Å². The Morgan fingerprint density at radius 3 is 2.50 bits per heavy atom. The maximum Gasteiger partial charge on any atom is 0.573 e. The summed E-state index contributed by atoms with van der Waals surface area (Å²) < 4.78 is 44.6. The standard InChI is InChI=1S/C10H5F3INO3/c1-17-9(16)6-2-5(4-15)8(3-7(6)14)18-10(11,12)13/h2-3H,1H3. The second-order valence-electron chi connectivity index (χ2n) is 2.98. The fraction of sp³-hybridized carbons (Fsp3) is 0.200. The summed E-state index contributed by atoms with van der Waals surface area (Å²) in [4.78, 5) is 11.3. The average molecular weight is 371 g/mol. The van der Waals surface area contributed by atoms with E-state index in [4.69, 9.17) is 5.26 Å². The number of nitrogens with zero attached hydrogens (tertiary/aromatic N) is 1. The molecule has 0 saturated carbocycles. The minimum absolute atomic E-state index is 0.00387. The molecule has 0 aliphatic heterocycles. The van der Waals surface area contributed by atoms with Gasteiger partial charge in [-0.3, -0.25) is 0 Å². The van der Waals surface area contributed by atoms with E-state index in [1.807, 2.05) is 0 Å². The molecule has 0 atom stereocenters. The van der Waals surface area contributed by atoms with Gasteiger partial charge in [-0.25, -0.2) is 4.79 Å². The number of halogens is 4. The lowest BCUT2D eigenvalue weighted by molar-refractivity contribution is -0.274. The zero-order chi connectivity index (χ0) is 13.9. The zero-order valence-corrected chi connectivity index (χ0v) is 11.0. The summed E-state index contributed by atoms with van der Waals surface area (Å²) in [5.74, 6) is -1.39. The number of alkyl halides is 3. The number of benzene rings is 1. The summed E-state index contributed by atoms with van der Waals surface area (Å²) in [6.45, 7) is 0. The lowest BCUT2D eigenvalue weighted by Gasteiger charge is -2.12. The van der Waals surface area contributed by atoms with Gasteiger partial charge in [-0.15, -0.1) is 13.2 Å². The van der Waals surface area contributed by atoms with Crippen molar-refractivity contribution in [2.24, 2.45) is 0 Å². The molecule has 0 aliphatic rings.